The average molecular weight is 441 g/mol. The molecule has 3 aromatic rings. The van der Waals surface area contributed by atoms with E-state index in [0.717, 1.165) is 23.1 Å². The van der Waals surface area contributed by atoms with Crippen molar-refractivity contribution in [2.24, 2.45) is 0 Å². The van der Waals surface area contributed by atoms with Gasteiger partial charge >= 0.3 is 0 Å². The third-order valence-electron chi connectivity index (χ3n) is 5.42. The van der Waals surface area contributed by atoms with Gasteiger partial charge in [0, 0.05) is 30.8 Å². The first kappa shape index (κ1) is 21.2. The molecule has 1 unspecified atom stereocenters. The van der Waals surface area contributed by atoms with E-state index in [1.807, 2.05) is 17.5 Å². The lowest BCUT2D eigenvalue weighted by atomic mass is 9.92. The van der Waals surface area contributed by atoms with Crippen molar-refractivity contribution in [2.75, 3.05) is 6.54 Å². The number of amides is 2. The second-order valence-electron chi connectivity index (χ2n) is 7.50. The zero-order valence-corrected chi connectivity index (χ0v) is 17.6. The highest BCUT2D eigenvalue weighted by atomic mass is 32.1. The van der Waals surface area contributed by atoms with E-state index in [9.17, 15) is 18.4 Å². The fraction of sp³-hybridized carbons (Fsp3) is 0.250. The molecule has 0 saturated carbocycles. The number of benzene rings is 2. The quantitative estimate of drug-likeness (QED) is 0.609. The van der Waals surface area contributed by atoms with Crippen molar-refractivity contribution in [2.45, 2.75) is 31.8 Å². The van der Waals surface area contributed by atoms with Gasteiger partial charge in [0.1, 0.15) is 11.6 Å². The molecule has 0 bridgehead atoms. The molecule has 0 fully saturated rings. The fourth-order valence-electron chi connectivity index (χ4n) is 3.88. The third kappa shape index (κ3) is 4.99. The van der Waals surface area contributed by atoms with Crippen molar-refractivity contribution in [3.05, 3.63) is 93.2 Å². The van der Waals surface area contributed by atoms with Crippen LogP contribution in [-0.2, 0) is 22.6 Å². The zero-order chi connectivity index (χ0) is 21.8. The number of nitrogens with one attached hydrogen (secondary N) is 1. The number of thiophene rings is 1. The van der Waals surface area contributed by atoms with Crippen LogP contribution in [0.25, 0.3) is 0 Å². The molecule has 1 aliphatic heterocycles. The Morgan fingerprint density at radius 1 is 1.03 bits per heavy atom. The summed E-state index contributed by atoms with van der Waals surface area (Å²) in [5.74, 6) is -1.05. The van der Waals surface area contributed by atoms with Crippen molar-refractivity contribution in [1.82, 2.24) is 10.2 Å². The highest BCUT2D eigenvalue weighted by molar-refractivity contribution is 7.10. The molecule has 0 spiro atoms. The van der Waals surface area contributed by atoms with Crippen LogP contribution in [-0.4, -0.2) is 23.3 Å². The van der Waals surface area contributed by atoms with Crippen molar-refractivity contribution in [1.29, 1.82) is 0 Å². The minimum absolute atomic E-state index is 0.0584. The van der Waals surface area contributed by atoms with Crippen LogP contribution in [0, 0.1) is 11.6 Å². The van der Waals surface area contributed by atoms with Crippen LogP contribution in [0.5, 0.6) is 0 Å². The SMILES string of the molecule is O=C(CCC(=O)N1CCc2sccc2C1c1cccc(F)c1)NCc1ccc(F)cc1. The lowest BCUT2D eigenvalue weighted by Gasteiger charge is -2.36. The number of hydrogen-bond acceptors (Lipinski definition) is 3. The summed E-state index contributed by atoms with van der Waals surface area (Å²) in [5, 5.41) is 4.75. The van der Waals surface area contributed by atoms with Crippen LogP contribution in [0.4, 0.5) is 8.78 Å². The molecule has 1 aromatic heterocycles. The molecule has 1 N–H and O–H groups in total. The van der Waals surface area contributed by atoms with E-state index in [0.29, 0.717) is 6.54 Å². The Hall–Kier alpha value is -3.06. The number of fused-ring (bicyclic) bond motifs is 1. The molecule has 2 aromatic carbocycles. The predicted molar refractivity (Wildman–Crippen MR) is 115 cm³/mol. The molecular formula is C24H22F2N2O2S. The minimum atomic E-state index is -0.347. The Kier molecular flexibility index (Phi) is 6.42. The monoisotopic (exact) mass is 440 g/mol. The van der Waals surface area contributed by atoms with Crippen molar-refractivity contribution < 1.29 is 18.4 Å². The molecule has 7 heteroatoms. The van der Waals surface area contributed by atoms with E-state index in [1.165, 1.54) is 29.1 Å². The normalized spacial score (nSPS) is 15.4. The smallest absolute Gasteiger partial charge is 0.223 e. The molecular weight excluding hydrogens is 418 g/mol. The summed E-state index contributed by atoms with van der Waals surface area (Å²) in [4.78, 5) is 28.2. The number of halogens is 2. The van der Waals surface area contributed by atoms with Crippen molar-refractivity contribution in [3.8, 4) is 0 Å². The Morgan fingerprint density at radius 2 is 1.84 bits per heavy atom. The van der Waals surface area contributed by atoms with Crippen LogP contribution in [0.15, 0.2) is 60.0 Å². The van der Waals surface area contributed by atoms with E-state index in [2.05, 4.69) is 5.32 Å². The number of rotatable bonds is 6. The summed E-state index contributed by atoms with van der Waals surface area (Å²) in [7, 11) is 0. The van der Waals surface area contributed by atoms with Gasteiger partial charge in [-0.2, -0.15) is 0 Å². The number of carbonyl (C=O) groups is 2. The van der Waals surface area contributed by atoms with Gasteiger partial charge in [0.15, 0.2) is 0 Å². The maximum Gasteiger partial charge on any atom is 0.223 e. The minimum Gasteiger partial charge on any atom is -0.352 e. The molecule has 4 rings (SSSR count). The topological polar surface area (TPSA) is 49.4 Å². The first-order chi connectivity index (χ1) is 15.0. The van der Waals surface area contributed by atoms with E-state index >= 15 is 0 Å². The predicted octanol–water partition coefficient (Wildman–Crippen LogP) is 4.60. The highest BCUT2D eigenvalue weighted by Gasteiger charge is 2.32. The van der Waals surface area contributed by atoms with Crippen LogP contribution in [0.1, 0.15) is 40.5 Å². The Labute approximate surface area is 183 Å². The Bertz CT molecular complexity index is 1080. The van der Waals surface area contributed by atoms with Gasteiger partial charge in [-0.25, -0.2) is 8.78 Å². The summed E-state index contributed by atoms with van der Waals surface area (Å²) >= 11 is 1.65. The van der Waals surface area contributed by atoms with Crippen LogP contribution >= 0.6 is 11.3 Å². The van der Waals surface area contributed by atoms with Gasteiger partial charge in [0.05, 0.1) is 6.04 Å². The Balaban J connectivity index is 1.41. The molecule has 4 nitrogen and oxygen atoms in total. The van der Waals surface area contributed by atoms with Gasteiger partial charge in [0.25, 0.3) is 0 Å². The number of nitrogens with zero attached hydrogens (tertiary/aromatic N) is 1. The summed E-state index contributed by atoms with van der Waals surface area (Å²) in [6.45, 7) is 0.811. The summed E-state index contributed by atoms with van der Waals surface area (Å²) < 4.78 is 26.8. The second-order valence-corrected chi connectivity index (χ2v) is 8.50. The lowest BCUT2D eigenvalue weighted by molar-refractivity contribution is -0.135. The maximum absolute atomic E-state index is 13.9. The van der Waals surface area contributed by atoms with E-state index in [-0.39, 0.29) is 48.9 Å². The molecule has 0 aliphatic carbocycles. The first-order valence-electron chi connectivity index (χ1n) is 10.1. The highest BCUT2D eigenvalue weighted by Crippen LogP contribution is 2.38. The molecule has 0 saturated heterocycles. The van der Waals surface area contributed by atoms with Gasteiger partial charge in [0.2, 0.25) is 11.8 Å². The molecule has 1 atom stereocenters. The van der Waals surface area contributed by atoms with Crippen LogP contribution in [0.3, 0.4) is 0 Å². The van der Waals surface area contributed by atoms with Crippen molar-refractivity contribution in [3.63, 3.8) is 0 Å². The average Bonchev–Trinajstić information content (AvgIpc) is 3.25. The van der Waals surface area contributed by atoms with E-state index < -0.39 is 0 Å². The van der Waals surface area contributed by atoms with Crippen LogP contribution < -0.4 is 5.32 Å². The van der Waals surface area contributed by atoms with E-state index in [1.54, 1.807) is 34.4 Å². The maximum atomic E-state index is 13.9. The van der Waals surface area contributed by atoms with Gasteiger partial charge in [-0.05, 0) is 58.8 Å². The van der Waals surface area contributed by atoms with Gasteiger partial charge < -0.3 is 10.2 Å². The summed E-state index contributed by atoms with van der Waals surface area (Å²) in [5.41, 5.74) is 2.54. The fourth-order valence-corrected chi connectivity index (χ4v) is 4.78. The third-order valence-corrected chi connectivity index (χ3v) is 6.42. The largest absolute Gasteiger partial charge is 0.352 e. The van der Waals surface area contributed by atoms with Gasteiger partial charge in [-0.1, -0.05) is 24.3 Å². The van der Waals surface area contributed by atoms with Crippen molar-refractivity contribution >= 4 is 23.2 Å². The molecule has 2 heterocycles. The molecule has 2 amide bonds. The first-order valence-corrected chi connectivity index (χ1v) is 11.0. The number of carbonyl (C=O) groups excluding carboxylic acids is 2. The lowest BCUT2D eigenvalue weighted by Crippen LogP contribution is -2.40. The molecule has 1 aliphatic rings. The van der Waals surface area contributed by atoms with Gasteiger partial charge in [-0.15, -0.1) is 11.3 Å². The molecule has 0 radical (unpaired) electrons. The standard InChI is InChI=1S/C24H22F2N2O2S/c25-18-6-4-16(5-7-18)15-27-22(29)8-9-23(30)28-12-10-21-20(11-13-31-21)24(28)17-2-1-3-19(26)14-17/h1-7,11,13-14,24H,8-10,12,15H2,(H,27,29). The number of hydrogen-bond donors (Lipinski definition) is 1. The summed E-state index contributed by atoms with van der Waals surface area (Å²) in [6.07, 6.45) is 0.880. The zero-order valence-electron chi connectivity index (χ0n) is 16.8. The van der Waals surface area contributed by atoms with Crippen LogP contribution in [0.2, 0.25) is 0 Å². The van der Waals surface area contributed by atoms with Gasteiger partial charge in [-0.3, -0.25) is 9.59 Å². The Morgan fingerprint density at radius 3 is 2.61 bits per heavy atom. The summed E-state index contributed by atoms with van der Waals surface area (Å²) in [6, 6.07) is 13.9. The molecule has 31 heavy (non-hydrogen) atoms. The molecule has 160 valence electrons. The second kappa shape index (κ2) is 9.39. The van der Waals surface area contributed by atoms with E-state index in [4.69, 9.17) is 0 Å².